The van der Waals surface area contributed by atoms with E-state index in [1.54, 1.807) is 0 Å². The van der Waals surface area contributed by atoms with E-state index in [-0.39, 0.29) is 10.9 Å². The van der Waals surface area contributed by atoms with E-state index < -0.39 is 21.9 Å². The van der Waals surface area contributed by atoms with Crippen LogP contribution >= 0.6 is 0 Å². The maximum absolute atomic E-state index is 12.8. The van der Waals surface area contributed by atoms with Crippen molar-refractivity contribution >= 4 is 16.1 Å². The van der Waals surface area contributed by atoms with Gasteiger partial charge in [0, 0.05) is 6.04 Å². The fourth-order valence-electron chi connectivity index (χ4n) is 2.26. The highest BCUT2D eigenvalue weighted by Gasteiger charge is 2.20. The fraction of sp³-hybridized carbons (Fsp3) is 0.462. The predicted molar refractivity (Wildman–Crippen MR) is 72.1 cm³/mol. The second-order valence-corrected chi connectivity index (χ2v) is 6.55. The molecule has 2 N–H and O–H groups in total. The van der Waals surface area contributed by atoms with Crippen LogP contribution in [-0.4, -0.2) is 20.5 Å². The zero-order chi connectivity index (χ0) is 14.6. The standard InChI is InChI=1S/C13H17FN2O3S/c14-10-6-8-12(9-7-10)20(18,19)16-13(17)15-11-4-2-1-3-5-11/h6-9,11H,1-5H2,(H2,15,16,17). The Balaban J connectivity index is 1.97. The van der Waals surface area contributed by atoms with Crippen LogP contribution in [0.15, 0.2) is 29.2 Å². The largest absolute Gasteiger partial charge is 0.335 e. The molecular weight excluding hydrogens is 283 g/mol. The van der Waals surface area contributed by atoms with E-state index in [2.05, 4.69) is 5.32 Å². The molecule has 1 fully saturated rings. The number of amides is 2. The van der Waals surface area contributed by atoms with Crippen LogP contribution in [-0.2, 0) is 10.0 Å². The second-order valence-electron chi connectivity index (χ2n) is 4.87. The molecule has 2 rings (SSSR count). The Kier molecular flexibility index (Phi) is 4.59. The molecule has 1 aromatic rings. The Bertz CT molecular complexity index is 566. The lowest BCUT2D eigenvalue weighted by Crippen LogP contribution is -2.45. The van der Waals surface area contributed by atoms with Crippen LogP contribution in [0.4, 0.5) is 9.18 Å². The molecule has 1 aromatic carbocycles. The first-order valence-electron chi connectivity index (χ1n) is 6.56. The number of carbonyl (C=O) groups is 1. The van der Waals surface area contributed by atoms with Gasteiger partial charge >= 0.3 is 6.03 Å². The average Bonchev–Trinajstić information content (AvgIpc) is 2.39. The van der Waals surface area contributed by atoms with Crippen molar-refractivity contribution in [1.29, 1.82) is 0 Å². The van der Waals surface area contributed by atoms with Crippen molar-refractivity contribution < 1.29 is 17.6 Å². The zero-order valence-corrected chi connectivity index (χ0v) is 11.7. The molecule has 2 amide bonds. The summed E-state index contributed by atoms with van der Waals surface area (Å²) >= 11 is 0. The summed E-state index contributed by atoms with van der Waals surface area (Å²) in [6, 6.07) is 3.59. The number of sulfonamides is 1. The molecule has 0 unspecified atom stereocenters. The van der Waals surface area contributed by atoms with Gasteiger partial charge in [-0.25, -0.2) is 22.3 Å². The van der Waals surface area contributed by atoms with Crippen LogP contribution in [0, 0.1) is 5.82 Å². The smallest absolute Gasteiger partial charge is 0.328 e. The van der Waals surface area contributed by atoms with Crippen LogP contribution in [0.1, 0.15) is 32.1 Å². The van der Waals surface area contributed by atoms with Gasteiger partial charge in [-0.1, -0.05) is 19.3 Å². The molecule has 0 aliphatic heterocycles. The van der Waals surface area contributed by atoms with Gasteiger partial charge in [0.05, 0.1) is 4.90 Å². The Morgan fingerprint density at radius 1 is 1.10 bits per heavy atom. The summed E-state index contributed by atoms with van der Waals surface area (Å²) in [7, 11) is -3.96. The highest BCUT2D eigenvalue weighted by atomic mass is 32.2. The molecule has 7 heteroatoms. The molecule has 0 aromatic heterocycles. The molecule has 5 nitrogen and oxygen atoms in total. The summed E-state index contributed by atoms with van der Waals surface area (Å²) in [5.41, 5.74) is 0. The van der Waals surface area contributed by atoms with Crippen LogP contribution in [0.25, 0.3) is 0 Å². The first-order chi connectivity index (χ1) is 9.47. The Hall–Kier alpha value is -1.63. The van der Waals surface area contributed by atoms with Gasteiger partial charge in [0.1, 0.15) is 5.82 Å². The van der Waals surface area contributed by atoms with Gasteiger partial charge in [-0.2, -0.15) is 0 Å². The monoisotopic (exact) mass is 300 g/mol. The SMILES string of the molecule is O=C(NC1CCCCC1)NS(=O)(=O)c1ccc(F)cc1. The van der Waals surface area contributed by atoms with E-state index in [0.29, 0.717) is 0 Å². The van der Waals surface area contributed by atoms with Crippen molar-refractivity contribution in [3.05, 3.63) is 30.1 Å². The summed E-state index contributed by atoms with van der Waals surface area (Å²) in [5.74, 6) is -0.532. The summed E-state index contributed by atoms with van der Waals surface area (Å²) in [4.78, 5) is 11.6. The number of benzene rings is 1. The maximum Gasteiger partial charge on any atom is 0.328 e. The summed E-state index contributed by atoms with van der Waals surface area (Å²) in [6.07, 6.45) is 4.95. The van der Waals surface area contributed by atoms with E-state index in [0.717, 1.165) is 56.4 Å². The predicted octanol–water partition coefficient (Wildman–Crippen LogP) is 2.15. The molecule has 0 atom stereocenters. The summed E-state index contributed by atoms with van der Waals surface area (Å²) < 4.78 is 38.5. The van der Waals surface area contributed by atoms with Gasteiger partial charge in [-0.15, -0.1) is 0 Å². The second kappa shape index (κ2) is 6.21. The van der Waals surface area contributed by atoms with Gasteiger partial charge < -0.3 is 5.32 Å². The average molecular weight is 300 g/mol. The van der Waals surface area contributed by atoms with Crippen molar-refractivity contribution in [1.82, 2.24) is 10.0 Å². The number of halogens is 1. The molecule has 0 bridgehead atoms. The molecule has 1 aliphatic carbocycles. The molecule has 1 saturated carbocycles. The third-order valence-corrected chi connectivity index (χ3v) is 4.64. The minimum absolute atomic E-state index is 0.0205. The lowest BCUT2D eigenvalue weighted by Gasteiger charge is -2.22. The van der Waals surface area contributed by atoms with Gasteiger partial charge in [0.2, 0.25) is 0 Å². The maximum atomic E-state index is 12.8. The third-order valence-electron chi connectivity index (χ3n) is 3.29. The first-order valence-corrected chi connectivity index (χ1v) is 8.04. The molecule has 110 valence electrons. The number of rotatable bonds is 3. The zero-order valence-electron chi connectivity index (χ0n) is 10.9. The third kappa shape index (κ3) is 3.93. The van der Waals surface area contributed by atoms with Gasteiger partial charge in [-0.3, -0.25) is 0 Å². The minimum atomic E-state index is -3.96. The highest BCUT2D eigenvalue weighted by Crippen LogP contribution is 2.17. The Morgan fingerprint density at radius 2 is 1.70 bits per heavy atom. The minimum Gasteiger partial charge on any atom is -0.335 e. The van der Waals surface area contributed by atoms with Crippen molar-refractivity contribution in [2.45, 2.75) is 43.0 Å². The van der Waals surface area contributed by atoms with E-state index in [1.165, 1.54) is 0 Å². The van der Waals surface area contributed by atoms with Crippen LogP contribution in [0.3, 0.4) is 0 Å². The van der Waals surface area contributed by atoms with Crippen molar-refractivity contribution in [3.8, 4) is 0 Å². The van der Waals surface area contributed by atoms with Crippen molar-refractivity contribution in [3.63, 3.8) is 0 Å². The van der Waals surface area contributed by atoms with Gasteiger partial charge in [-0.05, 0) is 37.1 Å². The molecular formula is C13H17FN2O3S. The van der Waals surface area contributed by atoms with Crippen molar-refractivity contribution in [2.24, 2.45) is 0 Å². The number of hydrogen-bond donors (Lipinski definition) is 2. The van der Waals surface area contributed by atoms with E-state index in [9.17, 15) is 17.6 Å². The topological polar surface area (TPSA) is 75.3 Å². The molecule has 1 aliphatic rings. The molecule has 20 heavy (non-hydrogen) atoms. The number of hydrogen-bond acceptors (Lipinski definition) is 3. The highest BCUT2D eigenvalue weighted by molar-refractivity contribution is 7.90. The van der Waals surface area contributed by atoms with Crippen molar-refractivity contribution in [2.75, 3.05) is 0 Å². The fourth-order valence-corrected chi connectivity index (χ4v) is 3.17. The molecule has 0 heterocycles. The first kappa shape index (κ1) is 14.8. The van der Waals surface area contributed by atoms with E-state index >= 15 is 0 Å². The Morgan fingerprint density at radius 3 is 2.30 bits per heavy atom. The van der Waals surface area contributed by atoms with Gasteiger partial charge in [0.15, 0.2) is 0 Å². The van der Waals surface area contributed by atoms with E-state index in [1.807, 2.05) is 4.72 Å². The number of urea groups is 1. The molecule has 0 spiro atoms. The van der Waals surface area contributed by atoms with Crippen LogP contribution < -0.4 is 10.0 Å². The lowest BCUT2D eigenvalue weighted by molar-refractivity contribution is 0.237. The molecule has 0 radical (unpaired) electrons. The summed E-state index contributed by atoms with van der Waals surface area (Å²) in [5, 5.41) is 2.65. The normalized spacial score (nSPS) is 16.6. The van der Waals surface area contributed by atoms with Crippen LogP contribution in [0.5, 0.6) is 0 Å². The number of nitrogens with one attached hydrogen (secondary N) is 2. The summed E-state index contributed by atoms with van der Waals surface area (Å²) in [6.45, 7) is 0. The Labute approximate surface area is 117 Å². The quantitative estimate of drug-likeness (QED) is 0.898. The van der Waals surface area contributed by atoms with E-state index in [4.69, 9.17) is 0 Å². The molecule has 0 saturated heterocycles. The van der Waals surface area contributed by atoms with Gasteiger partial charge in [0.25, 0.3) is 10.0 Å². The van der Waals surface area contributed by atoms with Crippen LogP contribution in [0.2, 0.25) is 0 Å². The lowest BCUT2D eigenvalue weighted by atomic mass is 9.96. The number of carbonyl (C=O) groups excluding carboxylic acids is 1.